The minimum absolute atomic E-state index is 0.149. The van der Waals surface area contributed by atoms with Crippen LogP contribution in [-0.2, 0) is 0 Å². The molecule has 0 amide bonds. The van der Waals surface area contributed by atoms with Crippen LogP contribution in [0.4, 0.5) is 11.6 Å². The van der Waals surface area contributed by atoms with E-state index in [4.69, 9.17) is 15.9 Å². The largest absolute Gasteiger partial charge is 0.494 e. The van der Waals surface area contributed by atoms with Crippen molar-refractivity contribution in [2.75, 3.05) is 18.5 Å². The van der Waals surface area contributed by atoms with Gasteiger partial charge in [0.05, 0.1) is 17.3 Å². The minimum atomic E-state index is 0.149. The van der Waals surface area contributed by atoms with Crippen LogP contribution in [0.2, 0.25) is 0 Å². The first kappa shape index (κ1) is 23.8. The molecule has 0 bridgehead atoms. The fraction of sp³-hybridized carbons (Fsp3) is 0.455. The fourth-order valence-electron chi connectivity index (χ4n) is 2.10. The Balaban J connectivity index is 0.000000696. The molecule has 152 valence electrons. The van der Waals surface area contributed by atoms with Crippen LogP contribution in [0.5, 0.6) is 11.6 Å². The van der Waals surface area contributed by atoms with E-state index in [9.17, 15) is 0 Å². The summed E-state index contributed by atoms with van der Waals surface area (Å²) in [5.41, 5.74) is 0.837. The molecule has 0 unspecified atom stereocenters. The van der Waals surface area contributed by atoms with Gasteiger partial charge in [0.15, 0.2) is 6.61 Å². The highest BCUT2D eigenvalue weighted by Crippen LogP contribution is 2.25. The summed E-state index contributed by atoms with van der Waals surface area (Å²) in [6.07, 6.45) is 13.0. The predicted octanol–water partition coefficient (Wildman–Crippen LogP) is 6.37. The van der Waals surface area contributed by atoms with Gasteiger partial charge in [0, 0.05) is 11.8 Å². The van der Waals surface area contributed by atoms with E-state index in [0.717, 1.165) is 24.3 Å². The van der Waals surface area contributed by atoms with Crippen molar-refractivity contribution in [3.63, 3.8) is 0 Å². The van der Waals surface area contributed by atoms with Gasteiger partial charge in [-0.25, -0.2) is 4.98 Å². The molecular formula is C22H30BrN3O2. The summed E-state index contributed by atoms with van der Waals surface area (Å²) in [4.78, 5) is 8.49. The number of anilines is 2. The van der Waals surface area contributed by atoms with E-state index >= 15 is 0 Å². The van der Waals surface area contributed by atoms with Crippen molar-refractivity contribution in [1.82, 2.24) is 9.97 Å². The van der Waals surface area contributed by atoms with Gasteiger partial charge < -0.3 is 14.8 Å². The van der Waals surface area contributed by atoms with Crippen molar-refractivity contribution in [2.45, 2.75) is 52.9 Å². The number of nitrogens with one attached hydrogen (secondary N) is 1. The fourth-order valence-corrected chi connectivity index (χ4v) is 2.41. The molecule has 0 radical (unpaired) electrons. The molecule has 0 aliphatic rings. The van der Waals surface area contributed by atoms with Gasteiger partial charge in [-0.05, 0) is 34.5 Å². The smallest absolute Gasteiger partial charge is 0.233 e. The van der Waals surface area contributed by atoms with Gasteiger partial charge in [-0.1, -0.05) is 58.4 Å². The van der Waals surface area contributed by atoms with E-state index in [2.05, 4.69) is 57.9 Å². The average Bonchev–Trinajstić information content (AvgIpc) is 2.70. The van der Waals surface area contributed by atoms with Gasteiger partial charge in [-0.15, -0.1) is 6.42 Å². The summed E-state index contributed by atoms with van der Waals surface area (Å²) in [5.74, 6) is 4.03. The Kier molecular flexibility index (Phi) is 12.5. The van der Waals surface area contributed by atoms with Crippen LogP contribution in [0.25, 0.3) is 0 Å². The topological polar surface area (TPSA) is 56.3 Å². The number of ether oxygens (including phenoxy) is 2. The number of rotatable bonds is 10. The second-order valence-corrected chi connectivity index (χ2v) is 6.90. The summed E-state index contributed by atoms with van der Waals surface area (Å²) in [6.45, 7) is 7.41. The first-order valence-electron chi connectivity index (χ1n) is 9.73. The van der Waals surface area contributed by atoms with E-state index in [1.807, 2.05) is 24.3 Å². The third-order valence-electron chi connectivity index (χ3n) is 3.57. The Morgan fingerprint density at radius 3 is 2.50 bits per heavy atom. The van der Waals surface area contributed by atoms with Crippen LogP contribution in [0.1, 0.15) is 52.9 Å². The van der Waals surface area contributed by atoms with Crippen molar-refractivity contribution < 1.29 is 9.47 Å². The lowest BCUT2D eigenvalue weighted by Gasteiger charge is -2.10. The van der Waals surface area contributed by atoms with Crippen molar-refractivity contribution >= 4 is 27.6 Å². The van der Waals surface area contributed by atoms with Gasteiger partial charge in [0.25, 0.3) is 0 Å². The first-order chi connectivity index (χ1) is 13.6. The monoisotopic (exact) mass is 447 g/mol. The van der Waals surface area contributed by atoms with E-state index in [0.29, 0.717) is 22.9 Å². The summed E-state index contributed by atoms with van der Waals surface area (Å²) < 4.78 is 11.7. The zero-order valence-corrected chi connectivity index (χ0v) is 18.6. The summed E-state index contributed by atoms with van der Waals surface area (Å²) >= 11 is 3.33. The molecule has 28 heavy (non-hydrogen) atoms. The molecule has 2 aromatic rings. The molecule has 1 N–H and O–H groups in total. The van der Waals surface area contributed by atoms with Gasteiger partial charge in [0.2, 0.25) is 11.8 Å². The number of hydrogen-bond donors (Lipinski definition) is 1. The highest BCUT2D eigenvalue weighted by atomic mass is 79.9. The molecule has 0 saturated carbocycles. The molecular weight excluding hydrogens is 418 g/mol. The molecule has 0 spiro atoms. The summed E-state index contributed by atoms with van der Waals surface area (Å²) in [5, 5.41) is 3.12. The molecule has 0 aliphatic heterocycles. The molecule has 0 fully saturated rings. The standard InChI is InChI=1S/C17H18BrN3O2.C5H12/c1-3-5-10-22-14-8-6-7-13(11-14)20-17-19-12-15(18)16(21-17)23-9-4-2;1-3-5-4-2/h2,6-8,11-12H,3,5,9-10H2,1H3,(H,19,20,21);3-5H2,1-2H3. The average molecular weight is 448 g/mol. The number of terminal acetylenes is 1. The van der Waals surface area contributed by atoms with Crippen LogP contribution >= 0.6 is 15.9 Å². The first-order valence-corrected chi connectivity index (χ1v) is 10.5. The third-order valence-corrected chi connectivity index (χ3v) is 4.11. The lowest BCUT2D eigenvalue weighted by Crippen LogP contribution is -2.02. The van der Waals surface area contributed by atoms with E-state index in [-0.39, 0.29) is 6.61 Å². The molecule has 2 rings (SSSR count). The minimum Gasteiger partial charge on any atom is -0.494 e. The quantitative estimate of drug-likeness (QED) is 0.338. The molecule has 0 aliphatic carbocycles. The number of hydrogen-bond acceptors (Lipinski definition) is 5. The van der Waals surface area contributed by atoms with Gasteiger partial charge in [-0.3, -0.25) is 0 Å². The maximum atomic E-state index is 5.69. The van der Waals surface area contributed by atoms with Crippen molar-refractivity contribution in [1.29, 1.82) is 0 Å². The van der Waals surface area contributed by atoms with Gasteiger partial charge >= 0.3 is 0 Å². The van der Waals surface area contributed by atoms with Crippen molar-refractivity contribution in [3.05, 3.63) is 34.9 Å². The Morgan fingerprint density at radius 2 is 1.86 bits per heavy atom. The summed E-state index contributed by atoms with van der Waals surface area (Å²) in [6, 6.07) is 7.66. The number of benzene rings is 1. The Bertz CT molecular complexity index is 730. The second-order valence-electron chi connectivity index (χ2n) is 6.05. The Morgan fingerprint density at radius 1 is 1.11 bits per heavy atom. The molecule has 1 aromatic heterocycles. The van der Waals surface area contributed by atoms with E-state index in [1.165, 1.54) is 19.3 Å². The molecule has 5 nitrogen and oxygen atoms in total. The van der Waals surface area contributed by atoms with Crippen molar-refractivity contribution in [3.8, 4) is 24.0 Å². The molecule has 0 atom stereocenters. The number of halogens is 1. The lowest BCUT2D eigenvalue weighted by atomic mass is 10.3. The van der Waals surface area contributed by atoms with Crippen LogP contribution in [0, 0.1) is 12.3 Å². The Hall–Kier alpha value is -2.26. The van der Waals surface area contributed by atoms with Crippen molar-refractivity contribution in [2.24, 2.45) is 0 Å². The molecule has 1 heterocycles. The number of nitrogens with zero attached hydrogens (tertiary/aromatic N) is 2. The van der Waals surface area contributed by atoms with E-state index in [1.54, 1.807) is 6.20 Å². The second kappa shape index (κ2) is 14.8. The normalized spacial score (nSPS) is 9.68. The maximum absolute atomic E-state index is 5.69. The van der Waals surface area contributed by atoms with Crippen LogP contribution < -0.4 is 14.8 Å². The molecule has 0 saturated heterocycles. The summed E-state index contributed by atoms with van der Waals surface area (Å²) in [7, 11) is 0. The maximum Gasteiger partial charge on any atom is 0.233 e. The SMILES string of the molecule is C#CCOc1nc(Nc2cccc(OCCCC)c2)ncc1Br.CCCCC. The molecule has 6 heteroatoms. The zero-order chi connectivity index (χ0) is 20.6. The number of unbranched alkanes of at least 4 members (excludes halogenated alkanes) is 3. The predicted molar refractivity (Wildman–Crippen MR) is 119 cm³/mol. The highest BCUT2D eigenvalue weighted by Gasteiger charge is 2.07. The van der Waals surface area contributed by atoms with E-state index < -0.39 is 0 Å². The van der Waals surface area contributed by atoms with Crippen LogP contribution in [-0.4, -0.2) is 23.2 Å². The van der Waals surface area contributed by atoms with Crippen LogP contribution in [0.15, 0.2) is 34.9 Å². The van der Waals surface area contributed by atoms with Gasteiger partial charge in [0.1, 0.15) is 5.75 Å². The van der Waals surface area contributed by atoms with Gasteiger partial charge in [-0.2, -0.15) is 4.98 Å². The lowest BCUT2D eigenvalue weighted by molar-refractivity contribution is 0.309. The zero-order valence-electron chi connectivity index (χ0n) is 17.0. The number of aromatic nitrogens is 2. The Labute approximate surface area is 177 Å². The van der Waals surface area contributed by atoms with Crippen LogP contribution in [0.3, 0.4) is 0 Å². The third kappa shape index (κ3) is 9.61. The highest BCUT2D eigenvalue weighted by molar-refractivity contribution is 9.10. The molecule has 1 aromatic carbocycles.